The van der Waals surface area contributed by atoms with Crippen LogP contribution in [0.2, 0.25) is 0 Å². The number of aliphatic hydroxyl groups excluding tert-OH is 1. The van der Waals surface area contributed by atoms with E-state index in [0.717, 1.165) is 22.3 Å². The highest BCUT2D eigenvalue weighted by Crippen LogP contribution is 2.49. The molecule has 7 aliphatic rings. The first-order valence-corrected chi connectivity index (χ1v) is 44.1. The number of unbranched alkanes of at least 4 members (excludes halogenated alkanes) is 2. The molecule has 0 saturated carbocycles. The molecule has 0 radical (unpaired) electrons. The van der Waals surface area contributed by atoms with Gasteiger partial charge in [0.2, 0.25) is 0 Å². The van der Waals surface area contributed by atoms with E-state index in [4.69, 9.17) is 67.9 Å². The van der Waals surface area contributed by atoms with Gasteiger partial charge in [-0.1, -0.05) is 146 Å². The molecular weight excluding hydrogens is 1610 g/mol. The van der Waals surface area contributed by atoms with E-state index in [-0.39, 0.29) is 99.6 Å². The van der Waals surface area contributed by atoms with Crippen LogP contribution in [0.15, 0.2) is 89.1 Å². The molecule has 3 aromatic carbocycles. The molecule has 33 nitrogen and oxygen atoms in total. The van der Waals surface area contributed by atoms with Crippen LogP contribution in [0.3, 0.4) is 0 Å². The molecule has 125 heavy (non-hydrogen) atoms. The number of carbonyl (C=O) groups excluding carboxylic acids is 10. The Morgan fingerprint density at radius 1 is 0.568 bits per heavy atom. The van der Waals surface area contributed by atoms with Crippen molar-refractivity contribution in [3.8, 4) is 11.1 Å². The Morgan fingerprint density at radius 3 is 1.42 bits per heavy atom. The topological polar surface area (TPSA) is 421 Å². The lowest BCUT2D eigenvalue weighted by Gasteiger charge is -2.49. The van der Waals surface area contributed by atoms with Gasteiger partial charge in [0.25, 0.3) is 0 Å². The Bertz CT molecular complexity index is 4370. The van der Waals surface area contributed by atoms with E-state index in [1.807, 2.05) is 81.4 Å². The molecule has 3 aromatic rings. The molecule has 0 aromatic heterocycles. The van der Waals surface area contributed by atoms with Crippen molar-refractivity contribution >= 4 is 59.3 Å². The van der Waals surface area contributed by atoms with Gasteiger partial charge in [0.05, 0.1) is 59.3 Å². The summed E-state index contributed by atoms with van der Waals surface area (Å²) in [6.07, 6.45) is -9.55. The third kappa shape index (κ3) is 21.3. The van der Waals surface area contributed by atoms with Gasteiger partial charge < -0.3 is 82.0 Å². The maximum absolute atomic E-state index is 14.9. The van der Waals surface area contributed by atoms with E-state index >= 15 is 0 Å². The largest absolute Gasteiger partial charge is 0.458 e. The number of rotatable bonds is 24. The number of Topliss-reactive ketones (excluding diaryl/α,β-unsaturated/α-hetero) is 4. The SMILES string of the molecule is CC[C@H]1OC(=O)[C@H](C)C(=O)[C@H](C)[C@@H](OC2OC(C)C(C)C(N(C)C)C2O)[C@@](C)(OC)C[C@@H](C)C(=O)[C@H](C)[C@H]2N(CCCCN=[N+]=[N-])C(=O)O[C@]12C.CC[C@H]1OC(=O)[C@H](C)C(=O)[C@H](C)[C@@H](OC2OC(C)C(OC(=O)c3ccccc3)C(NC(=O)OCC3c4ccccc4-c4ccccc43)C2C)[C@@](C)(OC)C[C@@H](C)C(=O)[C@H](C)[C@H]2N(CCCCN=[N+]=[N-])C(=O)O[C@]12C. The number of cyclic esters (lactones) is 2. The number of likely N-dealkylation sites (N-methyl/N-ethyl adjacent to an activating group) is 1. The number of amides is 3. The summed E-state index contributed by atoms with van der Waals surface area (Å²) in [6, 6.07) is 21.4. The fraction of sp³-hybridized carbons (Fsp3) is 0.696. The summed E-state index contributed by atoms with van der Waals surface area (Å²) in [4.78, 5) is 152. The molecule has 33 heteroatoms. The van der Waals surface area contributed by atoms with Crippen molar-refractivity contribution in [2.45, 2.75) is 290 Å². The third-order valence-corrected chi connectivity index (χ3v) is 27.6. The molecular formula is C92H132N10O23. The Balaban J connectivity index is 0.000000304. The van der Waals surface area contributed by atoms with Gasteiger partial charge in [-0.15, -0.1) is 0 Å². The fourth-order valence-corrected chi connectivity index (χ4v) is 20.4. The first-order chi connectivity index (χ1) is 59.1. The summed E-state index contributed by atoms with van der Waals surface area (Å²) in [5.74, 6) is -12.5. The molecule has 1 aliphatic carbocycles. The predicted octanol–water partition coefficient (Wildman–Crippen LogP) is 13.9. The molecule has 28 atom stereocenters. The van der Waals surface area contributed by atoms with Gasteiger partial charge in [0.15, 0.2) is 35.3 Å². The molecule has 10 unspecified atom stereocenters. The van der Waals surface area contributed by atoms with Crippen LogP contribution in [0.4, 0.5) is 14.4 Å². The fourth-order valence-electron chi connectivity index (χ4n) is 20.4. The van der Waals surface area contributed by atoms with Gasteiger partial charge >= 0.3 is 36.2 Å². The second-order valence-electron chi connectivity index (χ2n) is 36.2. The highest BCUT2D eigenvalue weighted by atomic mass is 16.7. The van der Waals surface area contributed by atoms with Crippen molar-refractivity contribution in [2.24, 2.45) is 69.4 Å². The summed E-state index contributed by atoms with van der Waals surface area (Å²) in [5, 5.41) is 21.7. The summed E-state index contributed by atoms with van der Waals surface area (Å²) in [6.45, 7) is 31.8. The average molecular weight is 1750 g/mol. The number of azide groups is 2. The van der Waals surface area contributed by atoms with Gasteiger partial charge in [-0.3, -0.25) is 28.8 Å². The Kier molecular flexibility index (Phi) is 34.0. The van der Waals surface area contributed by atoms with Crippen LogP contribution in [0.5, 0.6) is 0 Å². The van der Waals surface area contributed by atoms with Gasteiger partial charge in [-0.05, 0) is 166 Å². The highest BCUT2D eigenvalue weighted by Gasteiger charge is 2.63. The van der Waals surface area contributed by atoms with Crippen molar-refractivity contribution in [3.05, 3.63) is 116 Å². The van der Waals surface area contributed by atoms with Crippen LogP contribution in [0.1, 0.15) is 203 Å². The maximum atomic E-state index is 14.9. The zero-order valence-electron chi connectivity index (χ0n) is 76.6. The van der Waals surface area contributed by atoms with Gasteiger partial charge in [-0.2, -0.15) is 0 Å². The van der Waals surface area contributed by atoms with E-state index in [0.29, 0.717) is 25.7 Å². The van der Waals surface area contributed by atoms with Gasteiger partial charge in [0, 0.05) is 110 Å². The number of carbonyl (C=O) groups is 10. The molecule has 2 N–H and O–H groups in total. The molecule has 6 fully saturated rings. The molecule has 6 heterocycles. The molecule has 6 saturated heterocycles. The number of ether oxygens (including phenoxy) is 12. The molecule has 3 amide bonds. The van der Waals surface area contributed by atoms with E-state index in [1.54, 1.807) is 127 Å². The van der Waals surface area contributed by atoms with E-state index in [1.165, 1.54) is 37.9 Å². The van der Waals surface area contributed by atoms with Crippen LogP contribution in [-0.2, 0) is 85.6 Å². The molecule has 6 aliphatic heterocycles. The molecule has 0 bridgehead atoms. The summed E-state index contributed by atoms with van der Waals surface area (Å²) in [5.41, 5.74) is 16.3. The minimum atomic E-state index is -1.49. The molecule has 0 spiro atoms. The van der Waals surface area contributed by atoms with Crippen molar-refractivity contribution < 1.29 is 110 Å². The highest BCUT2D eigenvalue weighted by molar-refractivity contribution is 6.01. The summed E-state index contributed by atoms with van der Waals surface area (Å²) in [7, 11) is 6.67. The van der Waals surface area contributed by atoms with Crippen molar-refractivity contribution in [3.63, 3.8) is 0 Å². The summed E-state index contributed by atoms with van der Waals surface area (Å²) >= 11 is 0. The van der Waals surface area contributed by atoms with Crippen molar-refractivity contribution in [1.82, 2.24) is 20.0 Å². The van der Waals surface area contributed by atoms with E-state index in [9.17, 15) is 53.1 Å². The van der Waals surface area contributed by atoms with Crippen LogP contribution < -0.4 is 5.32 Å². The predicted molar refractivity (Wildman–Crippen MR) is 459 cm³/mol. The second kappa shape index (κ2) is 42.6. The minimum absolute atomic E-state index is 0.0185. The number of benzene rings is 3. The number of ketones is 4. The van der Waals surface area contributed by atoms with Crippen LogP contribution in [0.25, 0.3) is 32.0 Å². The average Bonchev–Trinajstić information content (AvgIpc) is 1.61. The van der Waals surface area contributed by atoms with E-state index < -0.39 is 197 Å². The van der Waals surface area contributed by atoms with Gasteiger partial charge in [-0.25, -0.2) is 19.2 Å². The van der Waals surface area contributed by atoms with Gasteiger partial charge in [0.1, 0.15) is 54.4 Å². The maximum Gasteiger partial charge on any atom is 0.410 e. The smallest absolute Gasteiger partial charge is 0.410 e. The Morgan fingerprint density at radius 2 is 0.992 bits per heavy atom. The first-order valence-electron chi connectivity index (χ1n) is 44.1. The molecule has 10 rings (SSSR count). The van der Waals surface area contributed by atoms with Crippen molar-refractivity contribution in [2.75, 3.05) is 61.1 Å². The monoisotopic (exact) mass is 1740 g/mol. The Hall–Kier alpha value is -9.14. The van der Waals surface area contributed by atoms with Crippen LogP contribution in [-0.4, -0.2) is 248 Å². The zero-order valence-corrected chi connectivity index (χ0v) is 76.6. The number of alkyl carbamates (subject to hydrolysis) is 1. The third-order valence-electron chi connectivity index (χ3n) is 27.6. The lowest BCUT2D eigenvalue weighted by atomic mass is 9.73. The lowest BCUT2D eigenvalue weighted by Crippen LogP contribution is -2.63. The lowest BCUT2D eigenvalue weighted by molar-refractivity contribution is -0.305. The number of methoxy groups -OCH3 is 2. The molecule has 688 valence electrons. The normalized spacial score (nSPS) is 36.1. The quantitative estimate of drug-likeness (QED) is 0.0160. The Labute approximate surface area is 733 Å². The zero-order chi connectivity index (χ0) is 92.2. The van der Waals surface area contributed by atoms with Crippen molar-refractivity contribution in [1.29, 1.82) is 0 Å². The van der Waals surface area contributed by atoms with E-state index in [2.05, 4.69) is 25.4 Å². The number of fused-ring (bicyclic) bond motifs is 5. The van der Waals surface area contributed by atoms with Crippen LogP contribution >= 0.6 is 0 Å². The minimum Gasteiger partial charge on any atom is -0.458 e. The second-order valence-corrected chi connectivity index (χ2v) is 36.2. The standard InChI is InChI=1S/C56H71N5O13.C36H61N5O10/c1-11-43-56(9)48(61(54(67)74-56)28-20-19-27-58-60-57)33(4)45(62)31(2)29-55(8,68-10)49(34(5)46(63)35(6)50(64)71-43)73-52-32(3)44(47(36(7)70-52)72-51(65)37-21-13-12-14-22-37)59-53(66)69-30-42-40-25-17-15-23-38(40)39-24-16-18-26-41(39)42;1-13-25-36(9)30(41(34(46)51-36)17-15-14-16-38-39-37)21(4)27(42)19(2)18-35(8,47-12)31(22(5)28(43)23(6)32(45)49-25)50-33-29(44)26(40(10)11)20(3)24(7)48-33/h12-18,21-26,31-36,42-44,47-49,52H,11,19-20,27-30H2,1-10H3,(H,59,66);19-26,29-31,33,44H,13-18H2,1-12H3/t31-,32?,33+,34+,35-,36?,43-,44?,47?,48-,49-,52?,55+,56-;19-,20?,21+,22+,23-,24?,25-,26?,29?,30-,31-,33?,35+,36-/m11/s1. The number of nitrogens with one attached hydrogen (secondary N) is 1. The number of hydrogen-bond donors (Lipinski definition) is 2. The summed E-state index contributed by atoms with van der Waals surface area (Å²) < 4.78 is 75.3. The number of aliphatic hydroxyl groups is 1. The number of esters is 3. The number of hydrogen-bond acceptors (Lipinski definition) is 26. The first kappa shape index (κ1) is 99.6. The van der Waals surface area contributed by atoms with Crippen LogP contribution in [0, 0.1) is 59.2 Å². The number of nitrogens with zero attached hydrogens (tertiary/aromatic N) is 9.